The van der Waals surface area contributed by atoms with E-state index in [1.165, 1.54) is 0 Å². The van der Waals surface area contributed by atoms with Crippen LogP contribution < -0.4 is 0 Å². The highest BCUT2D eigenvalue weighted by molar-refractivity contribution is 5.76. The van der Waals surface area contributed by atoms with E-state index in [9.17, 15) is 4.79 Å². The number of rotatable bonds is 5. The third kappa shape index (κ3) is 5.38. The van der Waals surface area contributed by atoms with Gasteiger partial charge in [0.25, 0.3) is 0 Å². The monoisotopic (exact) mass is 374 g/mol. The second-order valence-corrected chi connectivity index (χ2v) is 8.31. The van der Waals surface area contributed by atoms with Gasteiger partial charge >= 0.3 is 0 Å². The third-order valence-electron chi connectivity index (χ3n) is 4.73. The zero-order chi connectivity index (χ0) is 19.4. The Morgan fingerprint density at radius 1 is 1.22 bits per heavy atom. The molecule has 2 aromatic heterocycles. The van der Waals surface area contributed by atoms with E-state index in [1.807, 2.05) is 28.9 Å². The summed E-state index contributed by atoms with van der Waals surface area (Å²) in [4.78, 5) is 21.3. The van der Waals surface area contributed by atoms with E-state index in [1.54, 1.807) is 0 Å². The molecule has 2 aromatic rings. The summed E-state index contributed by atoms with van der Waals surface area (Å²) in [6.07, 6.45) is 5.23. The number of aryl methyl sites for hydroxylation is 2. The minimum atomic E-state index is -0.139. The number of amides is 1. The van der Waals surface area contributed by atoms with Crippen molar-refractivity contribution in [3.63, 3.8) is 0 Å². The lowest BCUT2D eigenvalue weighted by Crippen LogP contribution is -2.35. The largest absolute Gasteiger partial charge is 0.341 e. The minimum Gasteiger partial charge on any atom is -0.341 e. The standard InChI is InChI=1S/C19H30N6O2/c1-15-12-20-25(13-15)9-6-17(26)24-8-5-7-23(10-11-24)14-16-21-18(27-22-16)19(2,3)4/h12-13H,5-11,14H2,1-4H3. The highest BCUT2D eigenvalue weighted by Crippen LogP contribution is 2.20. The summed E-state index contributed by atoms with van der Waals surface area (Å²) in [5.41, 5.74) is 0.976. The third-order valence-corrected chi connectivity index (χ3v) is 4.73. The fourth-order valence-corrected chi connectivity index (χ4v) is 3.16. The molecular formula is C19H30N6O2. The van der Waals surface area contributed by atoms with Crippen molar-refractivity contribution in [3.05, 3.63) is 29.7 Å². The van der Waals surface area contributed by atoms with Gasteiger partial charge in [0.15, 0.2) is 5.82 Å². The van der Waals surface area contributed by atoms with Crippen molar-refractivity contribution >= 4 is 5.91 Å². The average Bonchev–Trinajstić information content (AvgIpc) is 3.17. The number of aromatic nitrogens is 4. The van der Waals surface area contributed by atoms with Gasteiger partial charge in [0.1, 0.15) is 0 Å². The van der Waals surface area contributed by atoms with Gasteiger partial charge in [-0.05, 0) is 18.9 Å². The second kappa shape index (κ2) is 8.21. The van der Waals surface area contributed by atoms with Crippen LogP contribution in [0.2, 0.25) is 0 Å². The molecule has 0 radical (unpaired) electrons. The first-order valence-corrected chi connectivity index (χ1v) is 9.63. The lowest BCUT2D eigenvalue weighted by molar-refractivity contribution is -0.131. The smallest absolute Gasteiger partial charge is 0.232 e. The Hall–Kier alpha value is -2.22. The summed E-state index contributed by atoms with van der Waals surface area (Å²) in [5.74, 6) is 1.58. The molecule has 8 heteroatoms. The predicted octanol–water partition coefficient (Wildman–Crippen LogP) is 2.00. The Morgan fingerprint density at radius 2 is 2.04 bits per heavy atom. The van der Waals surface area contributed by atoms with Gasteiger partial charge in [-0.2, -0.15) is 10.1 Å². The van der Waals surface area contributed by atoms with E-state index in [4.69, 9.17) is 4.52 Å². The number of hydrogen-bond acceptors (Lipinski definition) is 6. The van der Waals surface area contributed by atoms with Crippen LogP contribution in [0.25, 0.3) is 0 Å². The van der Waals surface area contributed by atoms with Crippen LogP contribution in [0.5, 0.6) is 0 Å². The molecule has 0 aromatic carbocycles. The predicted molar refractivity (Wildman–Crippen MR) is 101 cm³/mol. The fraction of sp³-hybridized carbons (Fsp3) is 0.684. The molecule has 3 heterocycles. The van der Waals surface area contributed by atoms with E-state index in [2.05, 4.69) is 40.9 Å². The van der Waals surface area contributed by atoms with Gasteiger partial charge in [0.2, 0.25) is 11.8 Å². The van der Waals surface area contributed by atoms with Crippen molar-refractivity contribution < 1.29 is 9.32 Å². The molecule has 8 nitrogen and oxygen atoms in total. The van der Waals surface area contributed by atoms with E-state index in [-0.39, 0.29) is 11.3 Å². The Labute approximate surface area is 160 Å². The first kappa shape index (κ1) is 19.5. The molecule has 3 rings (SSSR count). The van der Waals surface area contributed by atoms with E-state index in [0.29, 0.717) is 31.2 Å². The van der Waals surface area contributed by atoms with Crippen LogP contribution in [-0.4, -0.2) is 61.8 Å². The molecule has 1 amide bonds. The maximum absolute atomic E-state index is 12.5. The van der Waals surface area contributed by atoms with Crippen molar-refractivity contribution in [1.82, 2.24) is 29.7 Å². The number of nitrogens with zero attached hydrogens (tertiary/aromatic N) is 6. The number of carbonyl (C=O) groups is 1. The highest BCUT2D eigenvalue weighted by atomic mass is 16.5. The summed E-state index contributed by atoms with van der Waals surface area (Å²) < 4.78 is 7.21. The van der Waals surface area contributed by atoms with Gasteiger partial charge in [0, 0.05) is 50.8 Å². The average molecular weight is 374 g/mol. The quantitative estimate of drug-likeness (QED) is 0.796. The molecule has 0 aliphatic carbocycles. The maximum atomic E-state index is 12.5. The fourth-order valence-electron chi connectivity index (χ4n) is 3.16. The summed E-state index contributed by atoms with van der Waals surface area (Å²) in [6.45, 7) is 12.8. The molecule has 0 unspecified atom stereocenters. The Balaban J connectivity index is 1.48. The Bertz CT molecular complexity index is 760. The van der Waals surface area contributed by atoms with Crippen molar-refractivity contribution in [2.75, 3.05) is 26.2 Å². The summed E-state index contributed by atoms with van der Waals surface area (Å²) in [6, 6.07) is 0. The molecule has 1 aliphatic rings. The molecule has 0 N–H and O–H groups in total. The molecule has 0 spiro atoms. The van der Waals surface area contributed by atoms with Crippen LogP contribution >= 0.6 is 0 Å². The van der Waals surface area contributed by atoms with Crippen LogP contribution in [0.15, 0.2) is 16.9 Å². The summed E-state index contributed by atoms with van der Waals surface area (Å²) >= 11 is 0. The van der Waals surface area contributed by atoms with Gasteiger partial charge in [0.05, 0.1) is 12.7 Å². The van der Waals surface area contributed by atoms with Crippen LogP contribution in [0.4, 0.5) is 0 Å². The zero-order valence-electron chi connectivity index (χ0n) is 16.8. The molecule has 1 saturated heterocycles. The second-order valence-electron chi connectivity index (χ2n) is 8.31. The van der Waals surface area contributed by atoms with Crippen LogP contribution in [-0.2, 0) is 23.3 Å². The van der Waals surface area contributed by atoms with E-state index in [0.717, 1.165) is 38.2 Å². The van der Waals surface area contributed by atoms with E-state index >= 15 is 0 Å². The van der Waals surface area contributed by atoms with Gasteiger partial charge < -0.3 is 9.42 Å². The molecule has 1 fully saturated rings. The lowest BCUT2D eigenvalue weighted by atomic mass is 9.97. The molecule has 0 bridgehead atoms. The highest BCUT2D eigenvalue weighted by Gasteiger charge is 2.24. The first-order chi connectivity index (χ1) is 12.8. The van der Waals surface area contributed by atoms with Crippen molar-refractivity contribution in [3.8, 4) is 0 Å². The normalized spacial score (nSPS) is 16.5. The van der Waals surface area contributed by atoms with Gasteiger partial charge in [-0.3, -0.25) is 14.4 Å². The van der Waals surface area contributed by atoms with Crippen molar-refractivity contribution in [2.45, 2.75) is 59.0 Å². The van der Waals surface area contributed by atoms with Crippen LogP contribution in [0.1, 0.15) is 50.9 Å². The van der Waals surface area contributed by atoms with Crippen LogP contribution in [0, 0.1) is 6.92 Å². The number of hydrogen-bond donors (Lipinski definition) is 0. The lowest BCUT2D eigenvalue weighted by Gasteiger charge is -2.21. The van der Waals surface area contributed by atoms with Gasteiger partial charge in [-0.15, -0.1) is 0 Å². The maximum Gasteiger partial charge on any atom is 0.232 e. The van der Waals surface area contributed by atoms with Gasteiger partial charge in [-0.1, -0.05) is 25.9 Å². The molecular weight excluding hydrogens is 344 g/mol. The summed E-state index contributed by atoms with van der Waals surface area (Å²) in [5, 5.41) is 8.35. The van der Waals surface area contributed by atoms with Gasteiger partial charge in [-0.25, -0.2) is 0 Å². The molecule has 0 saturated carbocycles. The molecule has 148 valence electrons. The van der Waals surface area contributed by atoms with Crippen molar-refractivity contribution in [1.29, 1.82) is 0 Å². The van der Waals surface area contributed by atoms with Crippen LogP contribution in [0.3, 0.4) is 0 Å². The zero-order valence-corrected chi connectivity index (χ0v) is 16.8. The van der Waals surface area contributed by atoms with E-state index < -0.39 is 0 Å². The van der Waals surface area contributed by atoms with Crippen molar-refractivity contribution in [2.24, 2.45) is 0 Å². The summed E-state index contributed by atoms with van der Waals surface area (Å²) in [7, 11) is 0. The SMILES string of the molecule is Cc1cnn(CCC(=O)N2CCCN(Cc3noc(C(C)(C)C)n3)CC2)c1. The Morgan fingerprint density at radius 3 is 2.70 bits per heavy atom. The first-order valence-electron chi connectivity index (χ1n) is 9.63. The topological polar surface area (TPSA) is 80.3 Å². The minimum absolute atomic E-state index is 0.139. The molecule has 1 aliphatic heterocycles. The molecule has 27 heavy (non-hydrogen) atoms. The number of carbonyl (C=O) groups excluding carboxylic acids is 1. The Kier molecular flexibility index (Phi) is 5.94. The molecule has 0 atom stereocenters.